The summed E-state index contributed by atoms with van der Waals surface area (Å²) in [5.41, 5.74) is 1.19. The number of benzene rings is 1. The minimum atomic E-state index is -0.582. The van der Waals surface area contributed by atoms with Crippen molar-refractivity contribution in [3.8, 4) is 0 Å². The zero-order valence-electron chi connectivity index (χ0n) is 19.1. The van der Waals surface area contributed by atoms with E-state index in [-0.39, 0.29) is 5.91 Å². The molecule has 2 aliphatic rings. The molecular formula is C25H31N5O3. The zero-order valence-corrected chi connectivity index (χ0v) is 19.1. The lowest BCUT2D eigenvalue weighted by atomic mass is 9.96. The summed E-state index contributed by atoms with van der Waals surface area (Å²) in [6.45, 7) is 8.25. The number of pyridine rings is 1. The van der Waals surface area contributed by atoms with Gasteiger partial charge in [0, 0.05) is 52.0 Å². The number of nitrogens with zero attached hydrogens (tertiary/aromatic N) is 5. The maximum Gasteiger partial charge on any atom is 0.420 e. The average molecular weight is 450 g/mol. The van der Waals surface area contributed by atoms with Crippen LogP contribution in [0.4, 0.5) is 5.82 Å². The number of likely N-dealkylation sites (tertiary alicyclic amines) is 1. The molecule has 33 heavy (non-hydrogen) atoms. The van der Waals surface area contributed by atoms with Crippen molar-refractivity contribution in [1.29, 1.82) is 0 Å². The molecule has 2 unspecified atom stereocenters. The fraction of sp³-hybridized carbons (Fsp3) is 0.480. The number of hydrogen-bond donors (Lipinski definition) is 0. The van der Waals surface area contributed by atoms with Gasteiger partial charge in [0.2, 0.25) is 5.91 Å². The highest BCUT2D eigenvalue weighted by molar-refractivity contribution is 5.83. The van der Waals surface area contributed by atoms with Gasteiger partial charge in [-0.05, 0) is 49.9 Å². The van der Waals surface area contributed by atoms with Crippen molar-refractivity contribution in [2.45, 2.75) is 25.8 Å². The van der Waals surface area contributed by atoms with Crippen LogP contribution in [0.5, 0.6) is 0 Å². The van der Waals surface area contributed by atoms with Crippen LogP contribution in [0.25, 0.3) is 11.1 Å². The quantitative estimate of drug-likeness (QED) is 0.596. The van der Waals surface area contributed by atoms with Gasteiger partial charge < -0.3 is 14.2 Å². The van der Waals surface area contributed by atoms with Crippen molar-refractivity contribution in [2.24, 2.45) is 5.92 Å². The second-order valence-corrected chi connectivity index (χ2v) is 9.15. The van der Waals surface area contributed by atoms with Crippen LogP contribution in [0.2, 0.25) is 0 Å². The van der Waals surface area contributed by atoms with E-state index in [4.69, 9.17) is 4.42 Å². The van der Waals surface area contributed by atoms with Crippen LogP contribution in [-0.4, -0.2) is 71.1 Å². The van der Waals surface area contributed by atoms with Gasteiger partial charge in [-0.15, -0.1) is 0 Å². The summed E-state index contributed by atoms with van der Waals surface area (Å²) in [5.74, 6) is 1.02. The van der Waals surface area contributed by atoms with Crippen molar-refractivity contribution < 1.29 is 9.21 Å². The minimum absolute atomic E-state index is 0.00618. The summed E-state index contributed by atoms with van der Waals surface area (Å²) in [6, 6.07) is 12.7. The van der Waals surface area contributed by atoms with Crippen LogP contribution < -0.4 is 10.7 Å². The maximum atomic E-state index is 13.3. The number of hydrogen-bond acceptors (Lipinski definition) is 6. The van der Waals surface area contributed by atoms with Crippen LogP contribution in [0.15, 0.2) is 57.9 Å². The first-order valence-corrected chi connectivity index (χ1v) is 11.9. The molecule has 1 amide bonds. The molecule has 174 valence electrons. The zero-order chi connectivity index (χ0) is 22.8. The molecule has 0 spiro atoms. The Balaban J connectivity index is 1.19. The van der Waals surface area contributed by atoms with Gasteiger partial charge in [0.15, 0.2) is 5.58 Å². The summed E-state index contributed by atoms with van der Waals surface area (Å²) < 4.78 is 6.83. The third-order valence-electron chi connectivity index (χ3n) is 6.96. The number of oxazole rings is 1. The predicted octanol–water partition coefficient (Wildman–Crippen LogP) is 2.61. The first-order chi connectivity index (χ1) is 16.1. The molecule has 0 radical (unpaired) electrons. The average Bonchev–Trinajstić information content (AvgIpc) is 3.20. The molecule has 1 aromatic carbocycles. The molecule has 2 aromatic heterocycles. The topological polar surface area (TPSA) is 74.8 Å². The third kappa shape index (κ3) is 4.53. The molecule has 5 rings (SSSR count). The number of rotatable bonds is 5. The Morgan fingerprint density at radius 2 is 1.88 bits per heavy atom. The first-order valence-electron chi connectivity index (χ1n) is 11.9. The SMILES string of the molecule is CC(C(=O)N1CCCC(CN2CCN(c3ccccn3)CC2)C1)n1c(=O)oc2ccccc21. The Bertz CT molecular complexity index is 1150. The normalized spacial score (nSPS) is 20.8. The highest BCUT2D eigenvalue weighted by atomic mass is 16.4. The Morgan fingerprint density at radius 1 is 1.09 bits per heavy atom. The number of fused-ring (bicyclic) bond motifs is 1. The molecule has 0 saturated carbocycles. The van der Waals surface area contributed by atoms with E-state index in [9.17, 15) is 9.59 Å². The van der Waals surface area contributed by atoms with Crippen LogP contribution in [0.3, 0.4) is 0 Å². The van der Waals surface area contributed by atoms with E-state index >= 15 is 0 Å². The molecule has 8 heteroatoms. The predicted molar refractivity (Wildman–Crippen MR) is 127 cm³/mol. The number of aromatic nitrogens is 2. The van der Waals surface area contributed by atoms with Crippen molar-refractivity contribution in [1.82, 2.24) is 19.4 Å². The number of piperazine rings is 1. The molecule has 3 aromatic rings. The molecule has 2 fully saturated rings. The Labute approximate surface area is 193 Å². The summed E-state index contributed by atoms with van der Waals surface area (Å²) >= 11 is 0. The van der Waals surface area contributed by atoms with E-state index in [0.29, 0.717) is 17.0 Å². The molecule has 2 aliphatic heterocycles. The summed E-state index contributed by atoms with van der Waals surface area (Å²) in [7, 11) is 0. The lowest BCUT2D eigenvalue weighted by Gasteiger charge is -2.40. The molecule has 4 heterocycles. The van der Waals surface area contributed by atoms with Crippen molar-refractivity contribution >= 4 is 22.8 Å². The fourth-order valence-electron chi connectivity index (χ4n) is 5.21. The van der Waals surface area contributed by atoms with Gasteiger partial charge in [0.05, 0.1) is 5.52 Å². The standard InChI is InChI=1S/C25H31N5O3/c1-19(30-21-8-2-3-9-22(21)33-25(30)32)24(31)29-12-6-7-20(18-29)17-27-13-15-28(16-14-27)23-10-4-5-11-26-23/h2-5,8-11,19-20H,6-7,12-18H2,1H3. The number of para-hydroxylation sites is 2. The van der Waals surface area contributed by atoms with Crippen molar-refractivity contribution in [2.75, 3.05) is 50.7 Å². The highest BCUT2D eigenvalue weighted by Gasteiger charge is 2.31. The van der Waals surface area contributed by atoms with E-state index in [0.717, 1.165) is 64.5 Å². The Hall–Kier alpha value is -3.13. The molecule has 2 saturated heterocycles. The molecule has 0 bridgehead atoms. The summed E-state index contributed by atoms with van der Waals surface area (Å²) in [5, 5.41) is 0. The van der Waals surface area contributed by atoms with Crippen LogP contribution >= 0.6 is 0 Å². The van der Waals surface area contributed by atoms with E-state index in [2.05, 4.69) is 20.9 Å². The Kier molecular flexibility index (Phi) is 6.17. The smallest absolute Gasteiger partial charge is 0.408 e. The first kappa shape index (κ1) is 21.7. The van der Waals surface area contributed by atoms with Crippen molar-refractivity contribution in [3.05, 3.63) is 59.2 Å². The summed E-state index contributed by atoms with van der Waals surface area (Å²) in [4.78, 5) is 37.0. The van der Waals surface area contributed by atoms with Gasteiger partial charge in [0.1, 0.15) is 11.9 Å². The second kappa shape index (κ2) is 9.39. The molecule has 2 atom stereocenters. The van der Waals surface area contributed by atoms with Gasteiger partial charge in [-0.2, -0.15) is 0 Å². The van der Waals surface area contributed by atoms with Crippen LogP contribution in [-0.2, 0) is 4.79 Å². The maximum absolute atomic E-state index is 13.3. The molecule has 8 nitrogen and oxygen atoms in total. The van der Waals surface area contributed by atoms with Gasteiger partial charge in [-0.25, -0.2) is 9.78 Å². The monoisotopic (exact) mass is 449 g/mol. The van der Waals surface area contributed by atoms with Gasteiger partial charge >= 0.3 is 5.76 Å². The lowest BCUT2D eigenvalue weighted by Crippen LogP contribution is -2.51. The summed E-state index contributed by atoms with van der Waals surface area (Å²) in [6.07, 6.45) is 3.97. The fourth-order valence-corrected chi connectivity index (χ4v) is 5.21. The number of carbonyl (C=O) groups is 1. The highest BCUT2D eigenvalue weighted by Crippen LogP contribution is 2.23. The Morgan fingerprint density at radius 3 is 2.67 bits per heavy atom. The number of anilines is 1. The van der Waals surface area contributed by atoms with Gasteiger partial charge in [-0.3, -0.25) is 14.3 Å². The van der Waals surface area contributed by atoms with Crippen LogP contribution in [0, 0.1) is 5.92 Å². The number of carbonyl (C=O) groups excluding carboxylic acids is 1. The van der Waals surface area contributed by atoms with E-state index in [1.165, 1.54) is 4.57 Å². The lowest BCUT2D eigenvalue weighted by molar-refractivity contribution is -0.136. The van der Waals surface area contributed by atoms with E-state index in [1.807, 2.05) is 41.4 Å². The van der Waals surface area contributed by atoms with Crippen LogP contribution in [0.1, 0.15) is 25.8 Å². The molecular weight excluding hydrogens is 418 g/mol. The molecule has 0 aliphatic carbocycles. The minimum Gasteiger partial charge on any atom is -0.408 e. The molecule has 0 N–H and O–H groups in total. The van der Waals surface area contributed by atoms with Gasteiger partial charge in [-0.1, -0.05) is 18.2 Å². The third-order valence-corrected chi connectivity index (χ3v) is 6.96. The van der Waals surface area contributed by atoms with Gasteiger partial charge in [0.25, 0.3) is 0 Å². The van der Waals surface area contributed by atoms with E-state index in [1.54, 1.807) is 13.0 Å². The van der Waals surface area contributed by atoms with Crippen molar-refractivity contribution in [3.63, 3.8) is 0 Å². The number of piperidine rings is 1. The van der Waals surface area contributed by atoms with E-state index < -0.39 is 11.8 Å². The second-order valence-electron chi connectivity index (χ2n) is 9.15. The largest absolute Gasteiger partial charge is 0.420 e. The number of amides is 1.